The molecule has 7 heteroatoms. The van der Waals surface area contributed by atoms with Crippen LogP contribution in [0, 0.1) is 0 Å². The van der Waals surface area contributed by atoms with Crippen molar-refractivity contribution in [1.82, 2.24) is 4.90 Å². The first-order chi connectivity index (χ1) is 13.6. The van der Waals surface area contributed by atoms with Crippen LogP contribution in [0.5, 0.6) is 5.75 Å². The van der Waals surface area contributed by atoms with Gasteiger partial charge in [0.1, 0.15) is 5.75 Å². The minimum atomic E-state index is -4.62. The number of likely N-dealkylation sites (N-methyl/N-ethyl adjacent to an activating group) is 1. The van der Waals surface area contributed by atoms with Gasteiger partial charge >= 0.3 is 6.18 Å². The highest BCUT2D eigenvalue weighted by Crippen LogP contribution is 2.37. The Morgan fingerprint density at radius 2 is 1.97 bits per heavy atom. The summed E-state index contributed by atoms with van der Waals surface area (Å²) in [7, 11) is 3.18. The predicted octanol–water partition coefficient (Wildman–Crippen LogP) is 5.07. The third kappa shape index (κ3) is 4.29. The molecule has 1 N–H and O–H groups in total. The molecule has 3 rings (SSSR count). The van der Waals surface area contributed by atoms with Gasteiger partial charge < -0.3 is 10.1 Å². The fourth-order valence-electron chi connectivity index (χ4n) is 3.73. The van der Waals surface area contributed by atoms with Gasteiger partial charge in [-0.25, -0.2) is 0 Å². The number of rotatable bonds is 4. The van der Waals surface area contributed by atoms with E-state index in [4.69, 9.17) is 4.74 Å². The number of hydrogen-bond acceptors (Lipinski definition) is 3. The number of amides is 1. The van der Waals surface area contributed by atoms with Crippen molar-refractivity contribution >= 4 is 11.6 Å². The van der Waals surface area contributed by atoms with Crippen LogP contribution in [0.3, 0.4) is 0 Å². The molecule has 2 aromatic carbocycles. The number of methoxy groups -OCH3 is 1. The van der Waals surface area contributed by atoms with Crippen LogP contribution in [0.1, 0.15) is 40.0 Å². The zero-order valence-electron chi connectivity index (χ0n) is 16.6. The molecule has 0 aliphatic carbocycles. The largest absolute Gasteiger partial charge is 0.496 e. The van der Waals surface area contributed by atoms with Crippen LogP contribution in [0.2, 0.25) is 0 Å². The molecule has 4 nitrogen and oxygen atoms in total. The molecule has 154 valence electrons. The summed E-state index contributed by atoms with van der Waals surface area (Å²) >= 11 is 0. The Kier molecular flexibility index (Phi) is 5.71. The van der Waals surface area contributed by atoms with E-state index in [1.807, 2.05) is 26.1 Å². The van der Waals surface area contributed by atoms with Crippen molar-refractivity contribution in [3.63, 3.8) is 0 Å². The van der Waals surface area contributed by atoms with Crippen molar-refractivity contribution in [1.29, 1.82) is 0 Å². The Morgan fingerprint density at radius 3 is 2.59 bits per heavy atom. The molecule has 0 aromatic heterocycles. The van der Waals surface area contributed by atoms with Crippen molar-refractivity contribution < 1.29 is 22.7 Å². The van der Waals surface area contributed by atoms with Gasteiger partial charge in [0.25, 0.3) is 5.91 Å². The third-order valence-electron chi connectivity index (χ3n) is 5.11. The van der Waals surface area contributed by atoms with Gasteiger partial charge in [-0.1, -0.05) is 18.2 Å². The number of alkyl halides is 3. The van der Waals surface area contributed by atoms with Crippen LogP contribution in [0.4, 0.5) is 18.9 Å². The standard InChI is InChI=1S/C22H23F3N2O2/c1-13(2)20-17-12-16(7-5-14(17)9-10-27(20)3)26-21(28)15-6-8-19(29-4)18(11-15)22(23,24)25/h5-8,11-12,20H,1,9-10H2,2-4H3,(H,26,28). The highest BCUT2D eigenvalue weighted by atomic mass is 19.4. The van der Waals surface area contributed by atoms with E-state index in [0.29, 0.717) is 5.69 Å². The summed E-state index contributed by atoms with van der Waals surface area (Å²) in [6.45, 7) is 6.93. The Bertz CT molecular complexity index is 954. The van der Waals surface area contributed by atoms with Gasteiger partial charge in [-0.3, -0.25) is 9.69 Å². The van der Waals surface area contributed by atoms with Crippen molar-refractivity contribution in [2.75, 3.05) is 26.0 Å². The number of ether oxygens (including phenoxy) is 1. The van der Waals surface area contributed by atoms with E-state index in [-0.39, 0.29) is 17.4 Å². The number of anilines is 1. The van der Waals surface area contributed by atoms with Crippen LogP contribution in [0.25, 0.3) is 0 Å². The molecule has 2 aromatic rings. The summed E-state index contributed by atoms with van der Waals surface area (Å²) in [6.07, 6.45) is -3.73. The molecule has 29 heavy (non-hydrogen) atoms. The summed E-state index contributed by atoms with van der Waals surface area (Å²) in [4.78, 5) is 14.8. The summed E-state index contributed by atoms with van der Waals surface area (Å²) in [5.41, 5.74) is 2.67. The van der Waals surface area contributed by atoms with E-state index in [9.17, 15) is 18.0 Å². The highest BCUT2D eigenvalue weighted by Gasteiger charge is 2.35. The zero-order valence-corrected chi connectivity index (χ0v) is 16.6. The molecule has 1 aliphatic rings. The monoisotopic (exact) mass is 404 g/mol. The molecule has 1 amide bonds. The molecule has 1 atom stereocenters. The Morgan fingerprint density at radius 1 is 1.24 bits per heavy atom. The smallest absolute Gasteiger partial charge is 0.419 e. The maximum absolute atomic E-state index is 13.2. The molecule has 0 saturated heterocycles. The van der Waals surface area contributed by atoms with Crippen molar-refractivity contribution in [3.05, 3.63) is 70.8 Å². The van der Waals surface area contributed by atoms with E-state index >= 15 is 0 Å². The number of benzene rings is 2. The number of hydrogen-bond donors (Lipinski definition) is 1. The SMILES string of the molecule is C=C(C)C1c2cc(NC(=O)c3ccc(OC)c(C(F)(F)F)c3)ccc2CCN1C. The second-order valence-electron chi connectivity index (χ2n) is 7.26. The first kappa shape index (κ1) is 20.9. The van der Waals surface area contributed by atoms with Crippen LogP contribution >= 0.6 is 0 Å². The lowest BCUT2D eigenvalue weighted by atomic mass is 9.89. The van der Waals surface area contributed by atoms with Crippen LogP contribution in [0.15, 0.2) is 48.6 Å². The van der Waals surface area contributed by atoms with E-state index < -0.39 is 17.6 Å². The summed E-state index contributed by atoms with van der Waals surface area (Å²) in [5.74, 6) is -0.940. The average Bonchev–Trinajstić information content (AvgIpc) is 2.66. The van der Waals surface area contributed by atoms with Crippen molar-refractivity contribution in [2.24, 2.45) is 0 Å². The van der Waals surface area contributed by atoms with E-state index in [2.05, 4.69) is 16.8 Å². The third-order valence-corrected chi connectivity index (χ3v) is 5.11. The number of halogens is 3. The molecule has 1 unspecified atom stereocenters. The van der Waals surface area contributed by atoms with E-state index in [1.54, 1.807) is 6.07 Å². The number of nitrogens with one attached hydrogen (secondary N) is 1. The quantitative estimate of drug-likeness (QED) is 0.724. The van der Waals surface area contributed by atoms with Gasteiger partial charge in [0.05, 0.1) is 18.7 Å². The maximum atomic E-state index is 13.2. The number of fused-ring (bicyclic) bond motifs is 1. The molecule has 0 fully saturated rings. The van der Waals surface area contributed by atoms with Gasteiger partial charge in [0, 0.05) is 17.8 Å². The minimum Gasteiger partial charge on any atom is -0.496 e. The van der Waals surface area contributed by atoms with Crippen molar-refractivity contribution in [2.45, 2.75) is 25.6 Å². The van der Waals surface area contributed by atoms with Crippen molar-refractivity contribution in [3.8, 4) is 5.75 Å². The fraction of sp³-hybridized carbons (Fsp3) is 0.318. The Hall–Kier alpha value is -2.80. The Balaban J connectivity index is 1.90. The van der Waals surface area contributed by atoms with Crippen LogP contribution in [-0.2, 0) is 12.6 Å². The summed E-state index contributed by atoms with van der Waals surface area (Å²) in [5, 5.41) is 2.70. The summed E-state index contributed by atoms with van der Waals surface area (Å²) in [6, 6.07) is 8.89. The molecule has 0 bridgehead atoms. The van der Waals surface area contributed by atoms with Crippen LogP contribution in [-0.4, -0.2) is 31.5 Å². The lowest BCUT2D eigenvalue weighted by Crippen LogP contribution is -2.32. The maximum Gasteiger partial charge on any atom is 0.419 e. The zero-order chi connectivity index (χ0) is 21.3. The van der Waals surface area contributed by atoms with Gasteiger partial charge in [0.15, 0.2) is 0 Å². The summed E-state index contributed by atoms with van der Waals surface area (Å²) < 4.78 is 44.4. The Labute approximate surface area is 168 Å². The van der Waals surface area contributed by atoms with Gasteiger partial charge in [0.2, 0.25) is 0 Å². The topological polar surface area (TPSA) is 41.6 Å². The molecule has 0 radical (unpaired) electrons. The molecule has 0 saturated carbocycles. The average molecular weight is 404 g/mol. The molecule has 0 spiro atoms. The number of carbonyl (C=O) groups is 1. The van der Waals surface area contributed by atoms with E-state index in [0.717, 1.165) is 43.3 Å². The van der Waals surface area contributed by atoms with Gasteiger partial charge in [-0.2, -0.15) is 13.2 Å². The second-order valence-corrected chi connectivity index (χ2v) is 7.26. The van der Waals surface area contributed by atoms with Crippen LogP contribution < -0.4 is 10.1 Å². The molecular weight excluding hydrogens is 381 g/mol. The van der Waals surface area contributed by atoms with Gasteiger partial charge in [-0.05, 0) is 61.9 Å². The van der Waals surface area contributed by atoms with E-state index in [1.165, 1.54) is 11.6 Å². The lowest BCUT2D eigenvalue weighted by molar-refractivity contribution is -0.138. The van der Waals surface area contributed by atoms with Gasteiger partial charge in [-0.15, -0.1) is 0 Å². The number of carbonyl (C=O) groups excluding carboxylic acids is 1. The number of nitrogens with zero attached hydrogens (tertiary/aromatic N) is 1. The lowest BCUT2D eigenvalue weighted by Gasteiger charge is -2.35. The first-order valence-corrected chi connectivity index (χ1v) is 9.17. The molecule has 1 aliphatic heterocycles. The normalized spacial score (nSPS) is 16.8. The second kappa shape index (κ2) is 7.91. The first-order valence-electron chi connectivity index (χ1n) is 9.17. The minimum absolute atomic E-state index is 0.0356. The molecule has 1 heterocycles. The molecular formula is C22H23F3N2O2. The highest BCUT2D eigenvalue weighted by molar-refractivity contribution is 6.04. The fourth-order valence-corrected chi connectivity index (χ4v) is 3.73. The predicted molar refractivity (Wildman–Crippen MR) is 106 cm³/mol.